The molecule has 4 heteroatoms. The fraction of sp³-hybridized carbons (Fsp3) is 0.640. The van der Waals surface area contributed by atoms with Crippen LogP contribution in [0, 0.1) is 28.6 Å². The first-order chi connectivity index (χ1) is 13.9. The molecule has 5 rings (SSSR count). The summed E-state index contributed by atoms with van der Waals surface area (Å²) in [6, 6.07) is 0. The van der Waals surface area contributed by atoms with Gasteiger partial charge in [-0.3, -0.25) is 9.56 Å². The van der Waals surface area contributed by atoms with Crippen LogP contribution >= 0.6 is 11.3 Å². The van der Waals surface area contributed by atoms with Gasteiger partial charge in [-0.05, 0) is 79.1 Å². The molecule has 0 aromatic carbocycles. The second kappa shape index (κ2) is 6.81. The van der Waals surface area contributed by atoms with Crippen molar-refractivity contribution in [3.63, 3.8) is 0 Å². The molecule has 0 bridgehead atoms. The fourth-order valence-corrected chi connectivity index (χ4v) is 8.12. The second-order valence-electron chi connectivity index (χ2n) is 10.2. The summed E-state index contributed by atoms with van der Waals surface area (Å²) in [6.07, 6.45) is 14.9. The Morgan fingerprint density at radius 3 is 2.76 bits per heavy atom. The van der Waals surface area contributed by atoms with Crippen molar-refractivity contribution in [3.05, 3.63) is 46.3 Å². The van der Waals surface area contributed by atoms with Gasteiger partial charge >= 0.3 is 0 Å². The Kier molecular flexibility index (Phi) is 4.60. The fourth-order valence-electron chi connectivity index (χ4n) is 7.42. The molecule has 2 saturated carbocycles. The maximum atomic E-state index is 10.2. The lowest BCUT2D eigenvalue weighted by atomic mass is 9.47. The Morgan fingerprint density at radius 2 is 1.97 bits per heavy atom. The smallest absolute Gasteiger partial charge is 0.189 e. The normalized spacial score (nSPS) is 41.9. The quantitative estimate of drug-likeness (QED) is 0.650. The average Bonchev–Trinajstić information content (AvgIpc) is 3.32. The van der Waals surface area contributed by atoms with E-state index in [0.717, 1.165) is 41.6 Å². The number of fused-ring (bicyclic) bond motifs is 5. The largest absolute Gasteiger partial charge is 0.393 e. The molecular weight excluding hydrogens is 376 g/mol. The second-order valence-corrected chi connectivity index (χ2v) is 11.1. The lowest BCUT2D eigenvalue weighted by Crippen LogP contribution is -2.50. The van der Waals surface area contributed by atoms with Crippen LogP contribution < -0.4 is 4.80 Å². The number of aliphatic hydroxyl groups is 1. The van der Waals surface area contributed by atoms with Crippen LogP contribution in [-0.4, -0.2) is 22.8 Å². The maximum Gasteiger partial charge on any atom is 0.189 e. The molecule has 6 unspecified atom stereocenters. The summed E-state index contributed by atoms with van der Waals surface area (Å²) in [5.41, 5.74) is 4.65. The molecule has 0 radical (unpaired) electrons. The Balaban J connectivity index is 1.46. The summed E-state index contributed by atoms with van der Waals surface area (Å²) in [5.74, 6) is 2.22. The lowest BCUT2D eigenvalue weighted by molar-refractivity contribution is -0.0283. The molecule has 0 saturated heterocycles. The third kappa shape index (κ3) is 2.75. The van der Waals surface area contributed by atoms with Crippen molar-refractivity contribution in [1.82, 2.24) is 4.57 Å². The van der Waals surface area contributed by atoms with Crippen molar-refractivity contribution in [2.75, 3.05) is 7.05 Å². The van der Waals surface area contributed by atoms with E-state index in [1.165, 1.54) is 31.3 Å². The molecule has 1 N–H and O–H groups in total. The Hall–Kier alpha value is -1.39. The van der Waals surface area contributed by atoms with E-state index < -0.39 is 0 Å². The molecule has 1 aromatic rings. The van der Waals surface area contributed by atoms with Gasteiger partial charge < -0.3 is 5.11 Å². The number of aromatic nitrogens is 1. The molecule has 1 heterocycles. The van der Waals surface area contributed by atoms with Crippen molar-refractivity contribution in [2.24, 2.45) is 33.6 Å². The molecule has 4 aliphatic carbocycles. The minimum absolute atomic E-state index is 0.122. The van der Waals surface area contributed by atoms with E-state index in [9.17, 15) is 5.11 Å². The first-order valence-corrected chi connectivity index (χ1v) is 12.1. The van der Waals surface area contributed by atoms with E-state index in [2.05, 4.69) is 53.7 Å². The van der Waals surface area contributed by atoms with Gasteiger partial charge in [0.15, 0.2) is 4.80 Å². The maximum absolute atomic E-state index is 10.2. The van der Waals surface area contributed by atoms with Gasteiger partial charge in [0.1, 0.15) is 0 Å². The molecular formula is C25H34N2OS. The number of nitrogens with zero attached hydrogens (tertiary/aromatic N) is 2. The number of rotatable bonds is 2. The molecule has 6 atom stereocenters. The van der Waals surface area contributed by atoms with Crippen molar-refractivity contribution >= 4 is 17.0 Å². The van der Waals surface area contributed by atoms with E-state index in [0.29, 0.717) is 11.3 Å². The predicted octanol–water partition coefficient (Wildman–Crippen LogP) is 5.41. The highest BCUT2D eigenvalue weighted by Gasteiger charge is 2.57. The van der Waals surface area contributed by atoms with Gasteiger partial charge in [-0.15, -0.1) is 11.3 Å². The molecule has 2 fully saturated rings. The highest BCUT2D eigenvalue weighted by atomic mass is 32.1. The standard InChI is InChI=1S/C25H34N2OS/c1-16(27-13-14-29-23(27)26-4)20-7-8-21-19-6-5-17-15-18(28)9-11-24(17,2)22(19)10-12-25(20,21)3/h5,7,13-14,18-19,21-22,28H,1,6,8-12,15H2,2-4H3. The van der Waals surface area contributed by atoms with Gasteiger partial charge in [0, 0.05) is 24.3 Å². The number of hydrogen-bond donors (Lipinski definition) is 1. The Bertz CT molecular complexity index is 965. The van der Waals surface area contributed by atoms with Crippen LogP contribution in [-0.2, 0) is 0 Å². The third-order valence-electron chi connectivity index (χ3n) is 9.04. The summed E-state index contributed by atoms with van der Waals surface area (Å²) in [6.45, 7) is 9.52. The molecule has 156 valence electrons. The van der Waals surface area contributed by atoms with Gasteiger partial charge in [0.2, 0.25) is 0 Å². The number of thiazole rings is 1. The number of hydrogen-bond acceptors (Lipinski definition) is 3. The Labute approximate surface area is 178 Å². The summed E-state index contributed by atoms with van der Waals surface area (Å²) in [5, 5.41) is 12.3. The minimum Gasteiger partial charge on any atom is -0.393 e. The van der Waals surface area contributed by atoms with Gasteiger partial charge in [0.25, 0.3) is 0 Å². The van der Waals surface area contributed by atoms with E-state index in [4.69, 9.17) is 0 Å². The summed E-state index contributed by atoms with van der Waals surface area (Å²) in [7, 11) is 1.86. The van der Waals surface area contributed by atoms with E-state index in [-0.39, 0.29) is 11.5 Å². The zero-order valence-corrected chi connectivity index (χ0v) is 18.8. The third-order valence-corrected chi connectivity index (χ3v) is 9.89. The van der Waals surface area contributed by atoms with Crippen molar-refractivity contribution < 1.29 is 5.11 Å². The first-order valence-electron chi connectivity index (χ1n) is 11.3. The van der Waals surface area contributed by atoms with Gasteiger partial charge in [0.05, 0.1) is 6.10 Å². The SMILES string of the molecule is C=C(C1=CCC2C3CC=C4CC(O)CCC4(C)C3CCC12C)n1ccsc1=NC. The van der Waals surface area contributed by atoms with Gasteiger partial charge in [-0.1, -0.05) is 38.2 Å². The van der Waals surface area contributed by atoms with Crippen LogP contribution in [0.15, 0.2) is 46.4 Å². The predicted molar refractivity (Wildman–Crippen MR) is 120 cm³/mol. The molecule has 4 aliphatic rings. The minimum atomic E-state index is -0.122. The number of allylic oxidation sites excluding steroid dienone is 4. The summed E-state index contributed by atoms with van der Waals surface area (Å²) < 4.78 is 2.18. The molecule has 1 aromatic heterocycles. The van der Waals surface area contributed by atoms with Crippen LogP contribution in [0.3, 0.4) is 0 Å². The van der Waals surface area contributed by atoms with Gasteiger partial charge in [-0.2, -0.15) is 0 Å². The zero-order valence-electron chi connectivity index (χ0n) is 18.0. The molecule has 29 heavy (non-hydrogen) atoms. The Morgan fingerprint density at radius 1 is 1.17 bits per heavy atom. The van der Waals surface area contributed by atoms with Crippen LogP contribution in [0.2, 0.25) is 0 Å². The summed E-state index contributed by atoms with van der Waals surface area (Å²) >= 11 is 1.68. The lowest BCUT2D eigenvalue weighted by Gasteiger charge is -2.57. The van der Waals surface area contributed by atoms with E-state index in [1.807, 2.05) is 7.05 Å². The number of aliphatic hydroxyl groups excluding tert-OH is 1. The van der Waals surface area contributed by atoms with Crippen molar-refractivity contribution in [3.8, 4) is 0 Å². The van der Waals surface area contributed by atoms with Crippen molar-refractivity contribution in [2.45, 2.75) is 64.9 Å². The molecule has 0 aliphatic heterocycles. The van der Waals surface area contributed by atoms with Crippen LogP contribution in [0.4, 0.5) is 0 Å². The van der Waals surface area contributed by atoms with Gasteiger partial charge in [-0.25, -0.2) is 0 Å². The first kappa shape index (κ1) is 19.6. The van der Waals surface area contributed by atoms with Crippen LogP contribution in [0.25, 0.3) is 5.70 Å². The molecule has 0 spiro atoms. The van der Waals surface area contributed by atoms with E-state index >= 15 is 0 Å². The van der Waals surface area contributed by atoms with Crippen LogP contribution in [0.1, 0.15) is 58.8 Å². The molecule has 0 amide bonds. The van der Waals surface area contributed by atoms with E-state index in [1.54, 1.807) is 16.9 Å². The average molecular weight is 411 g/mol. The van der Waals surface area contributed by atoms with Crippen molar-refractivity contribution in [1.29, 1.82) is 0 Å². The highest BCUT2D eigenvalue weighted by Crippen LogP contribution is 2.65. The van der Waals surface area contributed by atoms with Crippen LogP contribution in [0.5, 0.6) is 0 Å². The highest BCUT2D eigenvalue weighted by molar-refractivity contribution is 7.07. The summed E-state index contributed by atoms with van der Waals surface area (Å²) in [4.78, 5) is 5.46. The zero-order chi connectivity index (χ0) is 20.4. The molecule has 3 nitrogen and oxygen atoms in total. The monoisotopic (exact) mass is 410 g/mol. The topological polar surface area (TPSA) is 37.5 Å².